The summed E-state index contributed by atoms with van der Waals surface area (Å²) in [5.41, 5.74) is 3.40. The molecule has 0 aromatic heterocycles. The quantitative estimate of drug-likeness (QED) is 0.243. The van der Waals surface area contributed by atoms with E-state index in [4.69, 9.17) is 5.11 Å². The molecule has 0 rings (SSSR count). The summed E-state index contributed by atoms with van der Waals surface area (Å²) in [4.78, 5) is 30.3. The number of amides is 2. The molecular formula is C5H6N2O4. The first-order chi connectivity index (χ1) is 5.07. The number of hydrazine groups is 1. The third kappa shape index (κ3) is 3.68. The van der Waals surface area contributed by atoms with Crippen molar-refractivity contribution in [3.8, 4) is 0 Å². The van der Waals surface area contributed by atoms with E-state index < -0.39 is 17.8 Å². The highest BCUT2D eigenvalue weighted by molar-refractivity contribution is 6.31. The number of nitrogens with one attached hydrogen (secondary N) is 2. The minimum absolute atomic E-state index is 0.681. The average Bonchev–Trinajstić information content (AvgIpc) is 1.99. The SMILES string of the molecule is C=CC(=O)NNC(=O)C(=O)O. The van der Waals surface area contributed by atoms with Gasteiger partial charge in [0.1, 0.15) is 0 Å². The lowest BCUT2D eigenvalue weighted by Crippen LogP contribution is -2.44. The molecule has 0 bridgehead atoms. The summed E-state index contributed by atoms with van der Waals surface area (Å²) >= 11 is 0. The molecule has 3 N–H and O–H groups in total. The first kappa shape index (κ1) is 9.15. The molecule has 0 saturated carbocycles. The van der Waals surface area contributed by atoms with Gasteiger partial charge in [-0.3, -0.25) is 20.4 Å². The molecule has 0 aliphatic heterocycles. The maximum atomic E-state index is 10.3. The van der Waals surface area contributed by atoms with Gasteiger partial charge in [-0.15, -0.1) is 0 Å². The molecule has 0 aromatic carbocycles. The van der Waals surface area contributed by atoms with Gasteiger partial charge in [-0.25, -0.2) is 4.79 Å². The van der Waals surface area contributed by atoms with E-state index in [0.29, 0.717) is 0 Å². The highest BCUT2D eigenvalue weighted by Crippen LogP contribution is 1.64. The summed E-state index contributed by atoms with van der Waals surface area (Å²) in [7, 11) is 0. The van der Waals surface area contributed by atoms with Crippen LogP contribution in [0.4, 0.5) is 0 Å². The average molecular weight is 158 g/mol. The second-order valence-electron chi connectivity index (χ2n) is 1.45. The van der Waals surface area contributed by atoms with E-state index in [0.717, 1.165) is 6.08 Å². The molecule has 0 radical (unpaired) electrons. The zero-order chi connectivity index (χ0) is 8.85. The van der Waals surface area contributed by atoms with Crippen LogP contribution in [0.2, 0.25) is 0 Å². The standard InChI is InChI=1S/C5H6N2O4/c1-2-3(8)6-7-4(9)5(10)11/h2H,1H2,(H,6,8)(H,7,9)(H,10,11). The van der Waals surface area contributed by atoms with E-state index in [-0.39, 0.29) is 0 Å². The van der Waals surface area contributed by atoms with Crippen molar-refractivity contribution in [1.29, 1.82) is 0 Å². The first-order valence-corrected chi connectivity index (χ1v) is 2.53. The summed E-state index contributed by atoms with van der Waals surface area (Å²) in [5.74, 6) is -3.66. The molecule has 0 aliphatic carbocycles. The van der Waals surface area contributed by atoms with E-state index in [1.165, 1.54) is 0 Å². The molecule has 60 valence electrons. The molecule has 0 saturated heterocycles. The van der Waals surface area contributed by atoms with Crippen LogP contribution in [0.5, 0.6) is 0 Å². The fourth-order valence-electron chi connectivity index (χ4n) is 0.223. The van der Waals surface area contributed by atoms with Crippen molar-refractivity contribution >= 4 is 17.8 Å². The number of rotatable bonds is 1. The largest absolute Gasteiger partial charge is 0.474 e. The smallest absolute Gasteiger partial charge is 0.396 e. The molecule has 6 nitrogen and oxygen atoms in total. The predicted octanol–water partition coefficient (Wildman–Crippen LogP) is -1.60. The van der Waals surface area contributed by atoms with Crippen LogP contribution >= 0.6 is 0 Å². The molecule has 2 amide bonds. The van der Waals surface area contributed by atoms with Crippen molar-refractivity contribution in [2.45, 2.75) is 0 Å². The second kappa shape index (κ2) is 4.04. The molecule has 11 heavy (non-hydrogen) atoms. The minimum Gasteiger partial charge on any atom is -0.474 e. The van der Waals surface area contributed by atoms with Crippen molar-refractivity contribution in [3.05, 3.63) is 12.7 Å². The van der Waals surface area contributed by atoms with Gasteiger partial charge in [-0.1, -0.05) is 6.58 Å². The molecule has 0 aromatic rings. The van der Waals surface area contributed by atoms with Crippen LogP contribution in [0.3, 0.4) is 0 Å². The number of carboxylic acids is 1. The highest BCUT2D eigenvalue weighted by atomic mass is 16.4. The van der Waals surface area contributed by atoms with Gasteiger partial charge in [0.05, 0.1) is 0 Å². The Labute approximate surface area is 61.9 Å². The van der Waals surface area contributed by atoms with E-state index in [1.54, 1.807) is 10.9 Å². The van der Waals surface area contributed by atoms with Crippen molar-refractivity contribution in [3.63, 3.8) is 0 Å². The number of carboxylic acid groups (broad SMARTS) is 1. The van der Waals surface area contributed by atoms with E-state index in [1.807, 2.05) is 0 Å². The third-order valence-electron chi connectivity index (χ3n) is 0.679. The van der Waals surface area contributed by atoms with Gasteiger partial charge in [0.25, 0.3) is 5.91 Å². The maximum absolute atomic E-state index is 10.3. The summed E-state index contributed by atoms with van der Waals surface area (Å²) in [6.07, 6.45) is 0.891. The highest BCUT2D eigenvalue weighted by Gasteiger charge is 2.09. The Morgan fingerprint density at radius 3 is 2.18 bits per heavy atom. The zero-order valence-corrected chi connectivity index (χ0v) is 5.46. The Morgan fingerprint density at radius 1 is 1.27 bits per heavy atom. The fraction of sp³-hybridized carbons (Fsp3) is 0. The Kier molecular flexibility index (Phi) is 3.36. The molecule has 6 heteroatoms. The molecule has 0 atom stereocenters. The second-order valence-corrected chi connectivity index (χ2v) is 1.45. The van der Waals surface area contributed by atoms with Crippen LogP contribution in [0.1, 0.15) is 0 Å². The van der Waals surface area contributed by atoms with Crippen LogP contribution in [-0.2, 0) is 14.4 Å². The van der Waals surface area contributed by atoms with Gasteiger partial charge in [0, 0.05) is 0 Å². The van der Waals surface area contributed by atoms with Crippen LogP contribution in [-0.4, -0.2) is 22.9 Å². The van der Waals surface area contributed by atoms with Crippen molar-refractivity contribution in [2.75, 3.05) is 0 Å². The van der Waals surface area contributed by atoms with Crippen molar-refractivity contribution in [2.24, 2.45) is 0 Å². The number of carbonyl (C=O) groups excluding carboxylic acids is 2. The lowest BCUT2D eigenvalue weighted by Gasteiger charge is -1.99. The maximum Gasteiger partial charge on any atom is 0.396 e. The van der Waals surface area contributed by atoms with Crippen molar-refractivity contribution < 1.29 is 19.5 Å². The Balaban J connectivity index is 3.71. The van der Waals surface area contributed by atoms with Crippen molar-refractivity contribution in [1.82, 2.24) is 10.9 Å². The summed E-state index contributed by atoms with van der Waals surface area (Å²) in [6.45, 7) is 3.07. The van der Waals surface area contributed by atoms with E-state index in [2.05, 4.69) is 6.58 Å². The van der Waals surface area contributed by atoms with Gasteiger partial charge >= 0.3 is 11.9 Å². The molecular weight excluding hydrogens is 152 g/mol. The summed E-state index contributed by atoms with van der Waals surface area (Å²) < 4.78 is 0. The minimum atomic E-state index is -1.67. The Bertz CT molecular complexity index is 211. The van der Waals surface area contributed by atoms with Gasteiger partial charge in [-0.2, -0.15) is 0 Å². The molecule has 0 heterocycles. The Morgan fingerprint density at radius 2 is 1.82 bits per heavy atom. The monoisotopic (exact) mass is 158 g/mol. The summed E-state index contributed by atoms with van der Waals surface area (Å²) in [6, 6.07) is 0. The van der Waals surface area contributed by atoms with Gasteiger partial charge in [0.15, 0.2) is 0 Å². The van der Waals surface area contributed by atoms with Crippen LogP contribution in [0.15, 0.2) is 12.7 Å². The third-order valence-corrected chi connectivity index (χ3v) is 0.679. The van der Waals surface area contributed by atoms with Gasteiger partial charge in [0.2, 0.25) is 0 Å². The van der Waals surface area contributed by atoms with Gasteiger partial charge < -0.3 is 5.11 Å². The number of hydrogen-bond acceptors (Lipinski definition) is 3. The molecule has 0 spiro atoms. The predicted molar refractivity (Wildman–Crippen MR) is 34.1 cm³/mol. The topological polar surface area (TPSA) is 95.5 Å². The van der Waals surface area contributed by atoms with Gasteiger partial charge in [-0.05, 0) is 6.08 Å². The lowest BCUT2D eigenvalue weighted by molar-refractivity contribution is -0.151. The zero-order valence-electron chi connectivity index (χ0n) is 5.46. The molecule has 0 unspecified atom stereocenters. The fourth-order valence-corrected chi connectivity index (χ4v) is 0.223. The van der Waals surface area contributed by atoms with Crippen LogP contribution < -0.4 is 10.9 Å². The summed E-state index contributed by atoms with van der Waals surface area (Å²) in [5, 5.41) is 7.98. The lowest BCUT2D eigenvalue weighted by atomic mass is 10.6. The first-order valence-electron chi connectivity index (χ1n) is 2.53. The van der Waals surface area contributed by atoms with E-state index >= 15 is 0 Å². The van der Waals surface area contributed by atoms with Crippen LogP contribution in [0.25, 0.3) is 0 Å². The molecule has 0 aliphatic rings. The number of carbonyl (C=O) groups is 3. The van der Waals surface area contributed by atoms with Crippen LogP contribution in [0, 0.1) is 0 Å². The normalized spacial score (nSPS) is 8.00. The van der Waals surface area contributed by atoms with E-state index in [9.17, 15) is 14.4 Å². The Hall–Kier alpha value is -1.85. The number of aliphatic carboxylic acids is 1. The number of hydrogen-bond donors (Lipinski definition) is 3. The molecule has 0 fully saturated rings.